The van der Waals surface area contributed by atoms with Crippen molar-refractivity contribution in [1.82, 2.24) is 0 Å². The van der Waals surface area contributed by atoms with E-state index >= 15 is 0 Å². The van der Waals surface area contributed by atoms with Gasteiger partial charge in [0.2, 0.25) is 0 Å². The molecule has 2 heterocycles. The molecule has 3 heteroatoms. The van der Waals surface area contributed by atoms with Crippen molar-refractivity contribution in [1.29, 1.82) is 0 Å². The van der Waals surface area contributed by atoms with Crippen molar-refractivity contribution in [3.05, 3.63) is 212 Å². The van der Waals surface area contributed by atoms with E-state index in [1.165, 1.54) is 27.5 Å². The molecule has 0 amide bonds. The largest absolute Gasteiger partial charge is 0.456 e. The first-order valence-electron chi connectivity index (χ1n) is 20.1. The second-order valence-electron chi connectivity index (χ2n) is 15.3. The molecule has 0 N–H and O–H groups in total. The molecule has 2 aromatic heterocycles. The van der Waals surface area contributed by atoms with Crippen molar-refractivity contribution in [2.75, 3.05) is 4.90 Å². The summed E-state index contributed by atoms with van der Waals surface area (Å²) in [5.74, 6) is 0. The average molecular weight is 754 g/mol. The Hall–Kier alpha value is -7.88. The maximum atomic E-state index is 6.67. The van der Waals surface area contributed by atoms with Crippen LogP contribution in [0.5, 0.6) is 0 Å². The molecule has 0 saturated heterocycles. The van der Waals surface area contributed by atoms with Crippen LogP contribution in [0.25, 0.3) is 98.8 Å². The lowest BCUT2D eigenvalue weighted by Gasteiger charge is -2.26. The van der Waals surface area contributed by atoms with Crippen LogP contribution >= 0.6 is 0 Å². The molecule has 0 aliphatic carbocycles. The number of fused-ring (bicyclic) bond motifs is 9. The molecule has 59 heavy (non-hydrogen) atoms. The Kier molecular flexibility index (Phi) is 7.54. The minimum absolute atomic E-state index is 0.860. The lowest BCUT2D eigenvalue weighted by Crippen LogP contribution is -2.10. The molecule has 0 bridgehead atoms. The van der Waals surface area contributed by atoms with Crippen LogP contribution in [0.4, 0.5) is 17.1 Å². The van der Waals surface area contributed by atoms with E-state index in [1.807, 2.05) is 12.1 Å². The summed E-state index contributed by atoms with van der Waals surface area (Å²) < 4.78 is 12.8. The first kappa shape index (κ1) is 33.3. The van der Waals surface area contributed by atoms with E-state index in [0.717, 1.165) is 88.4 Å². The number of hydrogen-bond donors (Lipinski definition) is 0. The van der Waals surface area contributed by atoms with Crippen LogP contribution in [0, 0.1) is 0 Å². The molecule has 0 atom stereocenters. The summed E-state index contributed by atoms with van der Waals surface area (Å²) in [4.78, 5) is 2.36. The molecule has 12 aromatic rings. The normalized spacial score (nSPS) is 11.7. The van der Waals surface area contributed by atoms with E-state index in [2.05, 4.69) is 205 Å². The molecule has 0 unspecified atom stereocenters. The number of benzene rings is 10. The summed E-state index contributed by atoms with van der Waals surface area (Å²) in [7, 11) is 0. The fourth-order valence-corrected chi connectivity index (χ4v) is 8.98. The molecular formula is C56H35NO2. The van der Waals surface area contributed by atoms with Gasteiger partial charge in [0, 0.05) is 32.9 Å². The molecule has 0 spiro atoms. The van der Waals surface area contributed by atoms with E-state index in [4.69, 9.17) is 8.83 Å². The molecule has 0 saturated carbocycles. The van der Waals surface area contributed by atoms with Crippen LogP contribution in [-0.4, -0.2) is 0 Å². The van der Waals surface area contributed by atoms with E-state index < -0.39 is 0 Å². The molecule has 0 aliphatic heterocycles. The topological polar surface area (TPSA) is 29.5 Å². The monoisotopic (exact) mass is 753 g/mol. The van der Waals surface area contributed by atoms with Gasteiger partial charge in [-0.1, -0.05) is 152 Å². The summed E-state index contributed by atoms with van der Waals surface area (Å²) in [6.45, 7) is 0. The average Bonchev–Trinajstić information content (AvgIpc) is 3.88. The van der Waals surface area contributed by atoms with E-state index in [0.29, 0.717) is 0 Å². The number of para-hydroxylation sites is 1. The second kappa shape index (κ2) is 13.4. The van der Waals surface area contributed by atoms with Gasteiger partial charge in [-0.3, -0.25) is 0 Å². The van der Waals surface area contributed by atoms with Gasteiger partial charge in [-0.2, -0.15) is 0 Å². The van der Waals surface area contributed by atoms with Gasteiger partial charge in [-0.25, -0.2) is 0 Å². The molecule has 0 aliphatic rings. The summed E-state index contributed by atoms with van der Waals surface area (Å²) in [6, 6.07) is 75.8. The number of rotatable bonds is 6. The number of furan rings is 2. The third-order valence-corrected chi connectivity index (χ3v) is 11.9. The van der Waals surface area contributed by atoms with Crippen molar-refractivity contribution in [3.63, 3.8) is 0 Å². The molecule has 10 aromatic carbocycles. The van der Waals surface area contributed by atoms with Crippen LogP contribution in [0.3, 0.4) is 0 Å². The number of anilines is 3. The zero-order chi connectivity index (χ0) is 38.9. The van der Waals surface area contributed by atoms with Crippen LogP contribution in [0.15, 0.2) is 221 Å². The van der Waals surface area contributed by atoms with Gasteiger partial charge >= 0.3 is 0 Å². The van der Waals surface area contributed by atoms with Crippen molar-refractivity contribution < 1.29 is 8.83 Å². The Morgan fingerprint density at radius 2 is 0.847 bits per heavy atom. The van der Waals surface area contributed by atoms with Crippen molar-refractivity contribution in [2.45, 2.75) is 0 Å². The van der Waals surface area contributed by atoms with Crippen molar-refractivity contribution in [2.24, 2.45) is 0 Å². The highest BCUT2D eigenvalue weighted by molar-refractivity contribution is 6.19. The molecule has 12 rings (SSSR count). The van der Waals surface area contributed by atoms with Crippen LogP contribution in [0.1, 0.15) is 0 Å². The summed E-state index contributed by atoms with van der Waals surface area (Å²) in [5.41, 5.74) is 13.8. The van der Waals surface area contributed by atoms with Gasteiger partial charge in [0.1, 0.15) is 22.3 Å². The maximum Gasteiger partial charge on any atom is 0.143 e. The zero-order valence-electron chi connectivity index (χ0n) is 32.0. The van der Waals surface area contributed by atoms with E-state index in [-0.39, 0.29) is 0 Å². The Morgan fingerprint density at radius 3 is 1.61 bits per heavy atom. The zero-order valence-corrected chi connectivity index (χ0v) is 32.0. The summed E-state index contributed by atoms with van der Waals surface area (Å²) >= 11 is 0. The van der Waals surface area contributed by atoms with Gasteiger partial charge in [0.05, 0.1) is 11.1 Å². The standard InChI is InChI=1S/C56H35NO2/c1-3-12-45-39(9-1)11-7-15-46(45)41-21-19-36(20-22-41)37-23-29-43(30-24-37)57(51-16-8-18-54-55(51)49-33-27-40-10-2-4-13-47(40)56(49)59-54)44-31-25-38(26-32-44)42-28-34-53-50(35-42)48-14-5-6-17-52(48)58-53/h1-35H. The first-order chi connectivity index (χ1) is 29.2. The number of hydrogen-bond acceptors (Lipinski definition) is 3. The lowest BCUT2D eigenvalue weighted by atomic mass is 9.96. The fraction of sp³-hybridized carbons (Fsp3) is 0. The first-order valence-corrected chi connectivity index (χ1v) is 20.1. The molecule has 0 radical (unpaired) electrons. The molecule has 276 valence electrons. The Labute approximate surface area is 340 Å². The van der Waals surface area contributed by atoms with Crippen molar-refractivity contribution in [3.8, 4) is 33.4 Å². The van der Waals surface area contributed by atoms with Crippen LogP contribution in [0.2, 0.25) is 0 Å². The Bertz CT molecular complexity index is 3530. The Balaban J connectivity index is 0.961. The molecule has 3 nitrogen and oxygen atoms in total. The van der Waals surface area contributed by atoms with E-state index in [9.17, 15) is 0 Å². The smallest absolute Gasteiger partial charge is 0.143 e. The molecule has 0 fully saturated rings. The van der Waals surface area contributed by atoms with E-state index in [1.54, 1.807) is 0 Å². The summed E-state index contributed by atoms with van der Waals surface area (Å²) in [5, 5.41) is 9.23. The van der Waals surface area contributed by atoms with Crippen LogP contribution < -0.4 is 4.90 Å². The third-order valence-electron chi connectivity index (χ3n) is 11.9. The van der Waals surface area contributed by atoms with Crippen molar-refractivity contribution >= 4 is 82.5 Å². The van der Waals surface area contributed by atoms with Gasteiger partial charge in [0.15, 0.2) is 0 Å². The lowest BCUT2D eigenvalue weighted by molar-refractivity contribution is 0.669. The quantitative estimate of drug-likeness (QED) is 0.169. The highest BCUT2D eigenvalue weighted by atomic mass is 16.3. The maximum absolute atomic E-state index is 6.67. The number of nitrogens with zero attached hydrogens (tertiary/aromatic N) is 1. The predicted octanol–water partition coefficient (Wildman–Crippen LogP) is 16.3. The summed E-state index contributed by atoms with van der Waals surface area (Å²) in [6.07, 6.45) is 0. The highest BCUT2D eigenvalue weighted by Crippen LogP contribution is 2.45. The minimum Gasteiger partial charge on any atom is -0.456 e. The molecular weight excluding hydrogens is 719 g/mol. The minimum atomic E-state index is 0.860. The Morgan fingerprint density at radius 1 is 0.305 bits per heavy atom. The third kappa shape index (κ3) is 5.51. The van der Waals surface area contributed by atoms with Crippen LogP contribution in [-0.2, 0) is 0 Å². The second-order valence-corrected chi connectivity index (χ2v) is 15.3. The van der Waals surface area contributed by atoms with Gasteiger partial charge in [-0.05, 0) is 110 Å². The SMILES string of the molecule is c1ccc2c(-c3ccc(-c4ccc(N(c5ccc(-c6ccc7oc8ccccc8c7c6)cc5)c5cccc6oc7c8ccccc8ccc7c56)cc4)cc3)cccc2c1. The van der Waals surface area contributed by atoms with Gasteiger partial charge in [-0.15, -0.1) is 0 Å². The highest BCUT2D eigenvalue weighted by Gasteiger charge is 2.21. The predicted molar refractivity (Wildman–Crippen MR) is 247 cm³/mol. The van der Waals surface area contributed by atoms with Gasteiger partial charge in [0.25, 0.3) is 0 Å². The van der Waals surface area contributed by atoms with Gasteiger partial charge < -0.3 is 13.7 Å². The fourth-order valence-electron chi connectivity index (χ4n) is 8.98.